The molecule has 7 rings (SSSR count). The molecular weight excluding hydrogens is 736 g/mol. The van der Waals surface area contributed by atoms with E-state index >= 15 is 0 Å². The third-order valence-corrected chi connectivity index (χ3v) is 8.52. The first-order chi connectivity index (χ1) is 21.0. The van der Waals surface area contributed by atoms with Gasteiger partial charge >= 0.3 is 21.1 Å². The molecule has 0 amide bonds. The van der Waals surface area contributed by atoms with Gasteiger partial charge in [-0.2, -0.15) is 12.1 Å². The number of aromatic nitrogens is 2. The average Bonchev–Trinajstić information content (AvgIpc) is 3.51. The smallest absolute Gasteiger partial charge is 0.509 e. The SMILES string of the molecule is CN1CN(c2[c-]c(Oc3[c-]c4c(cc3)c3cccc(C(C)(C)C)c3n4-c3cc(C(C)(C)C)ccn3)ccc2)c2ccccc21.[Pt+2]. The van der Waals surface area contributed by atoms with Crippen LogP contribution in [0, 0.1) is 12.1 Å². The van der Waals surface area contributed by atoms with E-state index in [1.54, 1.807) is 0 Å². The molecular formula is C39H38N4OPt. The summed E-state index contributed by atoms with van der Waals surface area (Å²) in [7, 11) is 2.11. The van der Waals surface area contributed by atoms with E-state index in [1.807, 2.05) is 24.4 Å². The second kappa shape index (κ2) is 11.4. The molecule has 0 unspecified atom stereocenters. The van der Waals surface area contributed by atoms with Gasteiger partial charge in [-0.15, -0.1) is 35.7 Å². The van der Waals surface area contributed by atoms with E-state index < -0.39 is 0 Å². The Labute approximate surface area is 280 Å². The van der Waals surface area contributed by atoms with E-state index in [0.717, 1.165) is 34.6 Å². The number of benzene rings is 4. The van der Waals surface area contributed by atoms with Crippen molar-refractivity contribution in [2.45, 2.75) is 52.4 Å². The Balaban J connectivity index is 0.00000357. The molecule has 0 spiro atoms. The summed E-state index contributed by atoms with van der Waals surface area (Å²) in [4.78, 5) is 9.40. The van der Waals surface area contributed by atoms with Gasteiger partial charge in [0.05, 0.1) is 18.0 Å². The normalized spacial score (nSPS) is 13.3. The number of anilines is 3. The Morgan fingerprint density at radius 1 is 0.733 bits per heavy atom. The maximum absolute atomic E-state index is 6.48. The first-order valence-corrected chi connectivity index (χ1v) is 15.2. The zero-order chi connectivity index (χ0) is 30.8. The molecule has 0 saturated heterocycles. The van der Waals surface area contributed by atoms with Crippen LogP contribution in [-0.2, 0) is 31.9 Å². The summed E-state index contributed by atoms with van der Waals surface area (Å²) in [6.07, 6.45) is 1.92. The van der Waals surface area contributed by atoms with Crippen molar-refractivity contribution in [3.05, 3.63) is 114 Å². The van der Waals surface area contributed by atoms with Gasteiger partial charge in [-0.25, -0.2) is 4.98 Å². The largest absolute Gasteiger partial charge is 2.00 e. The fraction of sp³-hybridized carbons (Fsp3) is 0.256. The topological polar surface area (TPSA) is 33.5 Å². The van der Waals surface area contributed by atoms with Crippen molar-refractivity contribution < 1.29 is 25.8 Å². The van der Waals surface area contributed by atoms with Crippen LogP contribution in [0.4, 0.5) is 17.1 Å². The Morgan fingerprint density at radius 3 is 2.22 bits per heavy atom. The van der Waals surface area contributed by atoms with Crippen LogP contribution in [0.5, 0.6) is 11.5 Å². The summed E-state index contributed by atoms with van der Waals surface area (Å²) in [5.74, 6) is 2.17. The molecule has 0 radical (unpaired) electrons. The molecule has 0 bridgehead atoms. The minimum absolute atomic E-state index is 0. The fourth-order valence-corrected chi connectivity index (χ4v) is 6.23. The number of hydrogen-bond donors (Lipinski definition) is 0. The maximum Gasteiger partial charge on any atom is 2.00 e. The summed E-state index contributed by atoms with van der Waals surface area (Å²) < 4.78 is 8.75. The Morgan fingerprint density at radius 2 is 1.47 bits per heavy atom. The van der Waals surface area contributed by atoms with Gasteiger partial charge in [0.25, 0.3) is 0 Å². The van der Waals surface area contributed by atoms with Crippen molar-refractivity contribution >= 4 is 38.9 Å². The van der Waals surface area contributed by atoms with E-state index in [9.17, 15) is 0 Å². The monoisotopic (exact) mass is 773 g/mol. The third kappa shape index (κ3) is 5.53. The second-order valence-corrected chi connectivity index (χ2v) is 13.8. The minimum atomic E-state index is -0.0652. The number of para-hydroxylation sites is 3. The van der Waals surface area contributed by atoms with Gasteiger partial charge < -0.3 is 19.1 Å². The predicted octanol–water partition coefficient (Wildman–Crippen LogP) is 9.71. The standard InChI is InChI=1S/C39H38N4O.Pt/c1-38(2,3)26-20-21-40-36(22-26)43-35-24-29(18-19-30(35)31-14-11-15-32(37(31)43)39(4,5)6)44-28-13-10-12-27(23-28)42-25-41(7)33-16-8-9-17-34(33)42;/h8-22H,25H2,1-7H3;/q-2;+2. The molecule has 0 atom stereocenters. The Bertz CT molecular complexity index is 2030. The molecule has 230 valence electrons. The summed E-state index contributed by atoms with van der Waals surface area (Å²) in [6, 6.07) is 36.7. The first-order valence-electron chi connectivity index (χ1n) is 15.2. The van der Waals surface area contributed by atoms with Crippen LogP contribution in [0.3, 0.4) is 0 Å². The van der Waals surface area contributed by atoms with E-state index in [-0.39, 0.29) is 31.9 Å². The fourth-order valence-electron chi connectivity index (χ4n) is 6.23. The van der Waals surface area contributed by atoms with E-state index in [0.29, 0.717) is 11.5 Å². The summed E-state index contributed by atoms with van der Waals surface area (Å²) in [6.45, 7) is 14.3. The zero-order valence-corrected chi connectivity index (χ0v) is 29.2. The van der Waals surface area contributed by atoms with Crippen molar-refractivity contribution in [2.24, 2.45) is 0 Å². The van der Waals surface area contributed by atoms with Gasteiger partial charge in [0.2, 0.25) is 0 Å². The van der Waals surface area contributed by atoms with Gasteiger partial charge in [0, 0.05) is 30.3 Å². The molecule has 4 aromatic carbocycles. The van der Waals surface area contributed by atoms with Gasteiger partial charge in [-0.3, -0.25) is 0 Å². The van der Waals surface area contributed by atoms with Gasteiger partial charge in [-0.05, 0) is 51.6 Å². The molecule has 6 heteroatoms. The van der Waals surface area contributed by atoms with Crippen molar-refractivity contribution in [1.29, 1.82) is 0 Å². The molecule has 0 fully saturated rings. The molecule has 0 N–H and O–H groups in total. The summed E-state index contributed by atoms with van der Waals surface area (Å²) >= 11 is 0. The van der Waals surface area contributed by atoms with Crippen LogP contribution in [0.2, 0.25) is 0 Å². The molecule has 0 aliphatic carbocycles. The number of rotatable bonds is 4. The maximum atomic E-state index is 6.48. The van der Waals surface area contributed by atoms with Gasteiger partial charge in [-0.1, -0.05) is 83.1 Å². The van der Waals surface area contributed by atoms with E-state index in [1.165, 1.54) is 27.9 Å². The van der Waals surface area contributed by atoms with Crippen LogP contribution >= 0.6 is 0 Å². The zero-order valence-electron chi connectivity index (χ0n) is 26.9. The van der Waals surface area contributed by atoms with Crippen LogP contribution < -0.4 is 14.5 Å². The van der Waals surface area contributed by atoms with Gasteiger partial charge in [0.1, 0.15) is 5.82 Å². The molecule has 1 aliphatic rings. The van der Waals surface area contributed by atoms with Crippen molar-refractivity contribution in [2.75, 3.05) is 23.5 Å². The van der Waals surface area contributed by atoms with Crippen molar-refractivity contribution in [3.63, 3.8) is 0 Å². The summed E-state index contributed by atoms with van der Waals surface area (Å²) in [5, 5.41) is 2.31. The average molecular weight is 774 g/mol. The number of nitrogens with zero attached hydrogens (tertiary/aromatic N) is 4. The summed E-state index contributed by atoms with van der Waals surface area (Å²) in [5.41, 5.74) is 7.87. The van der Waals surface area contributed by atoms with Crippen molar-refractivity contribution in [3.8, 4) is 17.3 Å². The molecule has 0 saturated carbocycles. The molecule has 1 aliphatic heterocycles. The van der Waals surface area contributed by atoms with Crippen LogP contribution in [0.25, 0.3) is 27.6 Å². The van der Waals surface area contributed by atoms with Crippen LogP contribution in [0.15, 0.2) is 91.1 Å². The van der Waals surface area contributed by atoms with E-state index in [4.69, 9.17) is 9.72 Å². The van der Waals surface area contributed by atoms with E-state index in [2.05, 4.69) is 142 Å². The van der Waals surface area contributed by atoms with Crippen LogP contribution in [-0.4, -0.2) is 23.3 Å². The number of pyridine rings is 1. The Hall–Kier alpha value is -4.08. The van der Waals surface area contributed by atoms with Crippen LogP contribution in [0.1, 0.15) is 52.7 Å². The van der Waals surface area contributed by atoms with Crippen molar-refractivity contribution in [1.82, 2.24) is 9.55 Å². The number of ether oxygens (including phenoxy) is 1. The minimum Gasteiger partial charge on any atom is -0.509 e. The third-order valence-electron chi connectivity index (χ3n) is 8.52. The Kier molecular flexibility index (Phi) is 7.81. The molecule has 3 heterocycles. The molecule has 5 nitrogen and oxygen atoms in total. The molecule has 45 heavy (non-hydrogen) atoms. The number of fused-ring (bicyclic) bond motifs is 4. The second-order valence-electron chi connectivity index (χ2n) is 13.8. The molecule has 6 aromatic rings. The first kappa shape index (κ1) is 30.9. The molecule has 2 aromatic heterocycles. The number of hydrogen-bond acceptors (Lipinski definition) is 4. The quantitative estimate of drug-likeness (QED) is 0.167. The van der Waals surface area contributed by atoms with Gasteiger partial charge in [0.15, 0.2) is 0 Å². The predicted molar refractivity (Wildman–Crippen MR) is 182 cm³/mol.